The Bertz CT molecular complexity index is 871. The predicted octanol–water partition coefficient (Wildman–Crippen LogP) is 6.29. The van der Waals surface area contributed by atoms with E-state index in [2.05, 4.69) is 73.1 Å². The monoisotopic (exact) mass is 334 g/mol. The Morgan fingerprint density at radius 2 is 1.61 bits per heavy atom. The van der Waals surface area contributed by atoms with E-state index in [1.54, 1.807) is 22.7 Å². The highest BCUT2D eigenvalue weighted by Crippen LogP contribution is 2.24. The van der Waals surface area contributed by atoms with Crippen LogP contribution in [0.25, 0.3) is 10.1 Å². The van der Waals surface area contributed by atoms with Crippen LogP contribution in [-0.2, 0) is 0 Å². The van der Waals surface area contributed by atoms with E-state index in [0.29, 0.717) is 0 Å². The molecule has 0 radical (unpaired) electrons. The van der Waals surface area contributed by atoms with Gasteiger partial charge in [0, 0.05) is 11.1 Å². The molecule has 0 nitrogen and oxygen atoms in total. The van der Waals surface area contributed by atoms with E-state index in [1.807, 2.05) is 0 Å². The third-order valence-electron chi connectivity index (χ3n) is 3.46. The lowest BCUT2D eigenvalue weighted by atomic mass is 10.2. The Labute approximate surface area is 146 Å². The van der Waals surface area contributed by atoms with Crippen molar-refractivity contribution in [2.45, 2.75) is 32.6 Å². The molecule has 0 aliphatic carbocycles. The van der Waals surface area contributed by atoms with Crippen LogP contribution in [0.1, 0.15) is 47.2 Å². The highest BCUT2D eigenvalue weighted by Gasteiger charge is 1.98. The molecular formula is C21H18S2. The van der Waals surface area contributed by atoms with Crippen LogP contribution in [0.4, 0.5) is 0 Å². The second-order valence-electron chi connectivity index (χ2n) is 5.32. The van der Waals surface area contributed by atoms with Gasteiger partial charge in [0.25, 0.3) is 0 Å². The minimum absolute atomic E-state index is 0.995. The smallest absolute Gasteiger partial charge is 0.0785 e. The summed E-state index contributed by atoms with van der Waals surface area (Å²) >= 11 is 3.43. The number of hydrogen-bond donors (Lipinski definition) is 0. The summed E-state index contributed by atoms with van der Waals surface area (Å²) in [4.78, 5) is 3.31. The van der Waals surface area contributed by atoms with Gasteiger partial charge in [-0.3, -0.25) is 0 Å². The van der Waals surface area contributed by atoms with Gasteiger partial charge in [-0.2, -0.15) is 0 Å². The van der Waals surface area contributed by atoms with E-state index >= 15 is 0 Å². The summed E-state index contributed by atoms with van der Waals surface area (Å²) in [6, 6.07) is 14.7. The molecule has 0 unspecified atom stereocenters. The van der Waals surface area contributed by atoms with Crippen LogP contribution >= 0.6 is 22.7 Å². The van der Waals surface area contributed by atoms with Crippen molar-refractivity contribution >= 4 is 32.8 Å². The molecule has 23 heavy (non-hydrogen) atoms. The van der Waals surface area contributed by atoms with Gasteiger partial charge in [0.05, 0.1) is 14.6 Å². The molecule has 0 fully saturated rings. The van der Waals surface area contributed by atoms with E-state index in [1.165, 1.54) is 29.3 Å². The zero-order valence-electron chi connectivity index (χ0n) is 13.2. The van der Waals surface area contributed by atoms with Crippen molar-refractivity contribution in [3.05, 3.63) is 57.1 Å². The zero-order valence-corrected chi connectivity index (χ0v) is 14.8. The molecule has 0 bridgehead atoms. The van der Waals surface area contributed by atoms with Gasteiger partial charge in [-0.1, -0.05) is 49.8 Å². The molecule has 0 N–H and O–H groups in total. The Balaban J connectivity index is 1.67. The number of thiophene rings is 2. The van der Waals surface area contributed by atoms with Crippen molar-refractivity contribution in [3.63, 3.8) is 0 Å². The first kappa shape index (κ1) is 15.9. The number of benzene rings is 1. The highest BCUT2D eigenvalue weighted by molar-refractivity contribution is 7.19. The lowest BCUT2D eigenvalue weighted by Crippen LogP contribution is -1.71. The maximum Gasteiger partial charge on any atom is 0.0785 e. The fourth-order valence-corrected chi connectivity index (χ4v) is 3.90. The van der Waals surface area contributed by atoms with Crippen molar-refractivity contribution in [1.29, 1.82) is 0 Å². The van der Waals surface area contributed by atoms with Crippen LogP contribution in [0.2, 0.25) is 0 Å². The van der Waals surface area contributed by atoms with Crippen molar-refractivity contribution in [3.8, 4) is 23.7 Å². The lowest BCUT2D eigenvalue weighted by Gasteiger charge is -1.87. The second-order valence-corrected chi connectivity index (χ2v) is 7.49. The molecule has 3 rings (SSSR count). The van der Waals surface area contributed by atoms with Crippen LogP contribution in [0.3, 0.4) is 0 Å². The van der Waals surface area contributed by atoms with E-state index < -0.39 is 0 Å². The van der Waals surface area contributed by atoms with Crippen LogP contribution in [0.5, 0.6) is 0 Å². The molecule has 0 saturated carbocycles. The van der Waals surface area contributed by atoms with E-state index in [0.717, 1.165) is 21.1 Å². The normalized spacial score (nSPS) is 9.96. The molecule has 0 aliphatic rings. The topological polar surface area (TPSA) is 0 Å². The van der Waals surface area contributed by atoms with Gasteiger partial charge in [0.2, 0.25) is 0 Å². The molecular weight excluding hydrogens is 316 g/mol. The average molecular weight is 335 g/mol. The van der Waals surface area contributed by atoms with Crippen LogP contribution in [0, 0.1) is 23.7 Å². The molecule has 0 spiro atoms. The SMILES string of the molecule is CCCCCC#Cc1ccc(C#Cc2cc3ccccc3s2)s1. The second kappa shape index (κ2) is 8.02. The fourth-order valence-electron chi connectivity index (χ4n) is 2.25. The number of fused-ring (bicyclic) bond motifs is 1. The lowest BCUT2D eigenvalue weighted by molar-refractivity contribution is 0.737. The van der Waals surface area contributed by atoms with Gasteiger partial charge in [-0.05, 0) is 47.9 Å². The minimum Gasteiger partial charge on any atom is -0.127 e. The predicted molar refractivity (Wildman–Crippen MR) is 103 cm³/mol. The molecule has 1 aromatic carbocycles. The highest BCUT2D eigenvalue weighted by atomic mass is 32.1. The first-order valence-corrected chi connectivity index (χ1v) is 9.58. The third kappa shape index (κ3) is 4.49. The third-order valence-corrected chi connectivity index (χ3v) is 5.40. The maximum absolute atomic E-state index is 3.28. The van der Waals surface area contributed by atoms with Gasteiger partial charge in [-0.15, -0.1) is 22.7 Å². The summed E-state index contributed by atoms with van der Waals surface area (Å²) in [7, 11) is 0. The fraction of sp³-hybridized carbons (Fsp3) is 0.238. The molecule has 0 aliphatic heterocycles. The zero-order chi connectivity index (χ0) is 15.9. The largest absolute Gasteiger partial charge is 0.127 e. The number of rotatable bonds is 3. The quantitative estimate of drug-likeness (QED) is 0.390. The molecule has 3 aromatic rings. The molecule has 2 aromatic heterocycles. The van der Waals surface area contributed by atoms with Crippen LogP contribution < -0.4 is 0 Å². The Morgan fingerprint density at radius 1 is 0.826 bits per heavy atom. The number of unbranched alkanes of at least 4 members (excludes halogenated alkanes) is 3. The molecule has 0 atom stereocenters. The Morgan fingerprint density at radius 3 is 2.43 bits per heavy atom. The van der Waals surface area contributed by atoms with E-state index in [-0.39, 0.29) is 0 Å². The minimum atomic E-state index is 0.995. The molecule has 2 heterocycles. The van der Waals surface area contributed by atoms with Gasteiger partial charge in [-0.25, -0.2) is 0 Å². The van der Waals surface area contributed by atoms with E-state index in [9.17, 15) is 0 Å². The summed E-state index contributed by atoms with van der Waals surface area (Å²) in [6.45, 7) is 2.22. The van der Waals surface area contributed by atoms with Gasteiger partial charge in [0.1, 0.15) is 0 Å². The van der Waals surface area contributed by atoms with Gasteiger partial charge < -0.3 is 0 Å². The summed E-state index contributed by atoms with van der Waals surface area (Å²) in [5.41, 5.74) is 0. The molecule has 0 amide bonds. The number of hydrogen-bond acceptors (Lipinski definition) is 2. The molecule has 0 saturated heterocycles. The summed E-state index contributed by atoms with van der Waals surface area (Å²) in [5.74, 6) is 13.0. The standard InChI is InChI=1S/C21H18S2/c1-2-3-4-5-6-10-18-12-13-19(22-18)14-15-20-16-17-9-7-8-11-21(17)23-20/h7-9,11-13,16H,2-5H2,1H3. The maximum atomic E-state index is 3.28. The average Bonchev–Trinajstić information content (AvgIpc) is 3.19. The van der Waals surface area contributed by atoms with Gasteiger partial charge >= 0.3 is 0 Å². The van der Waals surface area contributed by atoms with Crippen molar-refractivity contribution in [2.24, 2.45) is 0 Å². The van der Waals surface area contributed by atoms with E-state index in [4.69, 9.17) is 0 Å². The summed E-state index contributed by atoms with van der Waals surface area (Å²) < 4.78 is 1.29. The Hall–Kier alpha value is -2.00. The first-order chi connectivity index (χ1) is 11.3. The van der Waals surface area contributed by atoms with Crippen LogP contribution in [0.15, 0.2) is 42.5 Å². The molecule has 114 valence electrons. The first-order valence-electron chi connectivity index (χ1n) is 7.94. The van der Waals surface area contributed by atoms with Crippen LogP contribution in [-0.4, -0.2) is 0 Å². The van der Waals surface area contributed by atoms with Crippen molar-refractivity contribution in [1.82, 2.24) is 0 Å². The summed E-state index contributed by atoms with van der Waals surface area (Å²) in [6.07, 6.45) is 4.71. The van der Waals surface area contributed by atoms with Gasteiger partial charge in [0.15, 0.2) is 0 Å². The molecule has 2 heteroatoms. The van der Waals surface area contributed by atoms with Crippen molar-refractivity contribution < 1.29 is 0 Å². The summed E-state index contributed by atoms with van der Waals surface area (Å²) in [5, 5.41) is 1.27. The van der Waals surface area contributed by atoms with Crippen molar-refractivity contribution in [2.75, 3.05) is 0 Å². The Kier molecular flexibility index (Phi) is 5.54.